The molecule has 0 heterocycles. The smallest absolute Gasteiger partial charge is 0.0236 e. The van der Waals surface area contributed by atoms with Gasteiger partial charge in [-0.05, 0) is 43.4 Å². The van der Waals surface area contributed by atoms with Crippen LogP contribution in [0.15, 0.2) is 12.7 Å². The van der Waals surface area contributed by atoms with Gasteiger partial charge in [0.2, 0.25) is 0 Å². The molecule has 0 saturated heterocycles. The van der Waals surface area contributed by atoms with Crippen LogP contribution in [0.25, 0.3) is 0 Å². The van der Waals surface area contributed by atoms with Gasteiger partial charge in [-0.25, -0.2) is 0 Å². The van der Waals surface area contributed by atoms with E-state index in [1.54, 1.807) is 0 Å². The van der Waals surface area contributed by atoms with Gasteiger partial charge in [-0.2, -0.15) is 0 Å². The van der Waals surface area contributed by atoms with Gasteiger partial charge in [-0.3, -0.25) is 0 Å². The molecule has 0 atom stereocenters. The average molecular weight is 180 g/mol. The molecule has 0 bridgehead atoms. The van der Waals surface area contributed by atoms with Crippen molar-refractivity contribution in [2.24, 2.45) is 17.8 Å². The summed E-state index contributed by atoms with van der Waals surface area (Å²) >= 11 is 0. The minimum atomic E-state index is 0.829. The molecule has 0 N–H and O–H groups in total. The van der Waals surface area contributed by atoms with Gasteiger partial charge in [0.25, 0.3) is 0 Å². The fourth-order valence-corrected chi connectivity index (χ4v) is 2.28. The maximum atomic E-state index is 3.88. The van der Waals surface area contributed by atoms with E-state index in [4.69, 9.17) is 0 Å². The van der Waals surface area contributed by atoms with Gasteiger partial charge in [0.1, 0.15) is 0 Å². The van der Waals surface area contributed by atoms with Crippen LogP contribution in [0.1, 0.15) is 52.4 Å². The van der Waals surface area contributed by atoms with E-state index in [1.807, 2.05) is 0 Å². The third-order valence-electron chi connectivity index (χ3n) is 3.38. The van der Waals surface area contributed by atoms with E-state index in [1.165, 1.54) is 38.5 Å². The highest BCUT2D eigenvalue weighted by molar-refractivity contribution is 4.83. The maximum absolute atomic E-state index is 3.88. The first-order valence-corrected chi connectivity index (χ1v) is 5.85. The third-order valence-corrected chi connectivity index (χ3v) is 3.38. The molecule has 1 aliphatic rings. The zero-order valence-electron chi connectivity index (χ0n) is 9.26. The monoisotopic (exact) mass is 180 g/mol. The van der Waals surface area contributed by atoms with Gasteiger partial charge in [-0.1, -0.05) is 32.8 Å². The third kappa shape index (κ3) is 3.97. The molecule has 1 aliphatic carbocycles. The van der Waals surface area contributed by atoms with Crippen LogP contribution in [0.4, 0.5) is 0 Å². The molecule has 0 heteroatoms. The Bertz CT molecular complexity index is 138. The SMILES string of the molecule is C=CC1CCC(CCC(C)C)CC1. The highest BCUT2D eigenvalue weighted by Crippen LogP contribution is 2.32. The van der Waals surface area contributed by atoms with Gasteiger partial charge in [0.15, 0.2) is 0 Å². The van der Waals surface area contributed by atoms with Crippen LogP contribution in [0.2, 0.25) is 0 Å². The van der Waals surface area contributed by atoms with Gasteiger partial charge in [-0.15, -0.1) is 6.58 Å². The fraction of sp³-hybridized carbons (Fsp3) is 0.846. The Labute approximate surface area is 83.4 Å². The van der Waals surface area contributed by atoms with E-state index >= 15 is 0 Å². The summed E-state index contributed by atoms with van der Waals surface area (Å²) < 4.78 is 0. The quantitative estimate of drug-likeness (QED) is 0.562. The van der Waals surface area contributed by atoms with Crippen molar-refractivity contribution in [1.82, 2.24) is 0 Å². The van der Waals surface area contributed by atoms with E-state index < -0.39 is 0 Å². The van der Waals surface area contributed by atoms with Crippen molar-refractivity contribution in [3.05, 3.63) is 12.7 Å². The predicted molar refractivity (Wildman–Crippen MR) is 59.7 cm³/mol. The standard InChI is InChI=1S/C13H24/c1-4-12-7-9-13(10-8-12)6-5-11(2)3/h4,11-13H,1,5-10H2,2-3H3. The van der Waals surface area contributed by atoms with E-state index in [0.29, 0.717) is 0 Å². The van der Waals surface area contributed by atoms with Crippen LogP contribution in [-0.2, 0) is 0 Å². The zero-order valence-corrected chi connectivity index (χ0v) is 9.26. The molecular formula is C13H24. The lowest BCUT2D eigenvalue weighted by molar-refractivity contribution is 0.281. The van der Waals surface area contributed by atoms with Gasteiger partial charge < -0.3 is 0 Å². The van der Waals surface area contributed by atoms with Crippen LogP contribution in [-0.4, -0.2) is 0 Å². The largest absolute Gasteiger partial charge is 0.103 e. The number of hydrogen-bond acceptors (Lipinski definition) is 0. The summed E-state index contributed by atoms with van der Waals surface area (Å²) in [6, 6.07) is 0. The van der Waals surface area contributed by atoms with Crippen LogP contribution in [0.5, 0.6) is 0 Å². The predicted octanol–water partition coefficient (Wildman–Crippen LogP) is 4.42. The molecule has 1 rings (SSSR count). The summed E-state index contributed by atoms with van der Waals surface area (Å²) in [6.07, 6.45) is 10.7. The number of rotatable bonds is 4. The van der Waals surface area contributed by atoms with E-state index in [-0.39, 0.29) is 0 Å². The summed E-state index contributed by atoms with van der Waals surface area (Å²) in [7, 11) is 0. The van der Waals surface area contributed by atoms with Crippen LogP contribution >= 0.6 is 0 Å². The molecule has 0 aliphatic heterocycles. The van der Waals surface area contributed by atoms with Crippen molar-refractivity contribution < 1.29 is 0 Å². The lowest BCUT2D eigenvalue weighted by Gasteiger charge is -2.26. The molecule has 13 heavy (non-hydrogen) atoms. The molecule has 0 aromatic rings. The summed E-state index contributed by atoms with van der Waals surface area (Å²) in [5, 5.41) is 0. The molecular weight excluding hydrogens is 156 g/mol. The molecule has 1 saturated carbocycles. The first-order chi connectivity index (χ1) is 6.22. The lowest BCUT2D eigenvalue weighted by atomic mass is 9.79. The van der Waals surface area contributed by atoms with Crippen molar-refractivity contribution in [2.75, 3.05) is 0 Å². The number of hydrogen-bond donors (Lipinski definition) is 0. The highest BCUT2D eigenvalue weighted by Gasteiger charge is 2.18. The Hall–Kier alpha value is -0.260. The first kappa shape index (κ1) is 10.8. The van der Waals surface area contributed by atoms with Gasteiger partial charge >= 0.3 is 0 Å². The van der Waals surface area contributed by atoms with Crippen LogP contribution in [0, 0.1) is 17.8 Å². The van der Waals surface area contributed by atoms with Crippen LogP contribution in [0.3, 0.4) is 0 Å². The van der Waals surface area contributed by atoms with Crippen molar-refractivity contribution in [1.29, 1.82) is 0 Å². The normalized spacial score (nSPS) is 29.2. The zero-order chi connectivity index (χ0) is 9.68. The van der Waals surface area contributed by atoms with E-state index in [2.05, 4.69) is 26.5 Å². The first-order valence-electron chi connectivity index (χ1n) is 5.85. The van der Waals surface area contributed by atoms with Gasteiger partial charge in [0, 0.05) is 0 Å². The molecule has 76 valence electrons. The molecule has 0 unspecified atom stereocenters. The van der Waals surface area contributed by atoms with E-state index in [9.17, 15) is 0 Å². The van der Waals surface area contributed by atoms with Crippen molar-refractivity contribution >= 4 is 0 Å². The lowest BCUT2D eigenvalue weighted by Crippen LogP contribution is -2.13. The molecule has 0 aromatic heterocycles. The highest BCUT2D eigenvalue weighted by atomic mass is 14.2. The summed E-state index contributed by atoms with van der Waals surface area (Å²) in [5.74, 6) is 2.74. The Morgan fingerprint density at radius 2 is 1.85 bits per heavy atom. The number of allylic oxidation sites excluding steroid dienone is 1. The summed E-state index contributed by atoms with van der Waals surface area (Å²) in [6.45, 7) is 8.54. The van der Waals surface area contributed by atoms with Crippen molar-refractivity contribution in [2.45, 2.75) is 52.4 Å². The Balaban J connectivity index is 2.14. The molecule has 0 radical (unpaired) electrons. The van der Waals surface area contributed by atoms with Crippen molar-refractivity contribution in [3.63, 3.8) is 0 Å². The average Bonchev–Trinajstić information content (AvgIpc) is 2.15. The maximum Gasteiger partial charge on any atom is -0.0236 e. The summed E-state index contributed by atoms with van der Waals surface area (Å²) in [4.78, 5) is 0. The Morgan fingerprint density at radius 3 is 2.31 bits per heavy atom. The van der Waals surface area contributed by atoms with Gasteiger partial charge in [0.05, 0.1) is 0 Å². The Kier molecular flexibility index (Phi) is 4.55. The Morgan fingerprint density at radius 1 is 1.23 bits per heavy atom. The summed E-state index contributed by atoms with van der Waals surface area (Å²) in [5.41, 5.74) is 0. The molecule has 0 amide bonds. The second-order valence-electron chi connectivity index (χ2n) is 4.99. The second-order valence-corrected chi connectivity index (χ2v) is 4.99. The van der Waals surface area contributed by atoms with E-state index in [0.717, 1.165) is 17.8 Å². The van der Waals surface area contributed by atoms with Crippen LogP contribution < -0.4 is 0 Å². The minimum absolute atomic E-state index is 0.829. The fourth-order valence-electron chi connectivity index (χ4n) is 2.28. The van der Waals surface area contributed by atoms with Crippen molar-refractivity contribution in [3.8, 4) is 0 Å². The molecule has 1 fully saturated rings. The molecule has 0 nitrogen and oxygen atoms in total. The minimum Gasteiger partial charge on any atom is -0.103 e. The topological polar surface area (TPSA) is 0 Å². The second kappa shape index (κ2) is 5.47. The molecule has 0 spiro atoms. The molecule has 0 aromatic carbocycles.